The highest BCUT2D eigenvalue weighted by Gasteiger charge is 2.32. The summed E-state index contributed by atoms with van der Waals surface area (Å²) in [5.74, 6) is -1.96. The van der Waals surface area contributed by atoms with E-state index in [1.54, 1.807) is 13.8 Å². The highest BCUT2D eigenvalue weighted by molar-refractivity contribution is 5.88. The largest absolute Gasteiger partial charge is 0.415 e. The topological polar surface area (TPSA) is 105 Å². The number of nitrogens with zero attached hydrogens (tertiary/aromatic N) is 1. The minimum atomic E-state index is -1.88. The van der Waals surface area contributed by atoms with Crippen molar-refractivity contribution < 1.29 is 31.0 Å². The molecule has 0 bridgehead atoms. The maximum atomic E-state index is 13.1. The minimum absolute atomic E-state index is 0.0104. The number of rotatable bonds is 9. The number of halogens is 1. The number of hydrogen-bond acceptors (Lipinski definition) is 5. The summed E-state index contributed by atoms with van der Waals surface area (Å²) in [7, 11) is 0. The molecule has 1 aromatic rings. The third-order valence-electron chi connectivity index (χ3n) is 4.76. The Kier molecular flexibility index (Phi) is 7.25. The van der Waals surface area contributed by atoms with Crippen molar-refractivity contribution in [1.29, 1.82) is 0 Å². The highest BCUT2D eigenvalue weighted by atomic mass is 19.1. The molecule has 2 unspecified atom stereocenters. The Labute approximate surface area is 177 Å². The van der Waals surface area contributed by atoms with E-state index in [4.69, 9.17) is 7.48 Å². The number of aldehydes is 1. The molecule has 2 N–H and O–H groups in total. The molecule has 0 saturated carbocycles. The quantitative estimate of drug-likeness (QED) is 0.590. The molecule has 9 heteroatoms. The van der Waals surface area contributed by atoms with E-state index in [1.165, 1.54) is 12.1 Å². The van der Waals surface area contributed by atoms with Gasteiger partial charge in [-0.05, 0) is 49.4 Å². The van der Waals surface area contributed by atoms with Crippen LogP contribution in [0.5, 0.6) is 5.75 Å². The summed E-state index contributed by atoms with van der Waals surface area (Å²) in [5, 5.41) is 5.19. The van der Waals surface area contributed by atoms with Gasteiger partial charge in [-0.1, -0.05) is 13.8 Å². The van der Waals surface area contributed by atoms with E-state index < -0.39 is 42.8 Å². The first-order chi connectivity index (χ1) is 15.1. The van der Waals surface area contributed by atoms with Gasteiger partial charge in [-0.25, -0.2) is 9.18 Å². The Bertz CT molecular complexity index is 822. The number of carbonyl (C=O) groups excluding carboxylic acids is 4. The zero-order valence-electron chi connectivity index (χ0n) is 19.0. The van der Waals surface area contributed by atoms with Gasteiger partial charge in [0.15, 0.2) is 0 Å². The normalized spacial score (nSPS) is 18.8. The highest BCUT2D eigenvalue weighted by Crippen LogP contribution is 2.18. The third kappa shape index (κ3) is 6.53. The first-order valence-electron chi connectivity index (χ1n) is 10.9. The molecule has 1 fully saturated rings. The lowest BCUT2D eigenvalue weighted by Gasteiger charge is -2.29. The molecule has 8 nitrogen and oxygen atoms in total. The summed E-state index contributed by atoms with van der Waals surface area (Å²) in [6.45, 7) is 2.22. The Hall–Kier alpha value is -2.97. The second kappa shape index (κ2) is 10.7. The summed E-state index contributed by atoms with van der Waals surface area (Å²) in [6, 6.07) is 2.36. The van der Waals surface area contributed by atoms with E-state index in [1.807, 2.05) is 0 Å². The van der Waals surface area contributed by atoms with Gasteiger partial charge < -0.3 is 20.2 Å². The molecule has 1 aliphatic heterocycles. The van der Waals surface area contributed by atoms with Gasteiger partial charge in [0.25, 0.3) is 0 Å². The van der Waals surface area contributed by atoms with Crippen molar-refractivity contribution in [3.05, 3.63) is 30.1 Å². The van der Waals surface area contributed by atoms with Gasteiger partial charge in [0, 0.05) is 22.2 Å². The Morgan fingerprint density at radius 3 is 2.63 bits per heavy atom. The summed E-state index contributed by atoms with van der Waals surface area (Å²) in [6.07, 6.45) is 0.168. The van der Waals surface area contributed by atoms with Gasteiger partial charge in [-0.15, -0.1) is 0 Å². The lowest BCUT2D eigenvalue weighted by Crippen LogP contribution is -2.52. The van der Waals surface area contributed by atoms with Crippen LogP contribution < -0.4 is 15.4 Å². The van der Waals surface area contributed by atoms with E-state index in [9.17, 15) is 23.6 Å². The molecular formula is C21H28FN3O5. The molecule has 2 rings (SSSR count). The zero-order chi connectivity index (χ0) is 23.8. The maximum absolute atomic E-state index is 13.1. The maximum Gasteiger partial charge on any atom is 0.415 e. The predicted molar refractivity (Wildman–Crippen MR) is 107 cm³/mol. The van der Waals surface area contributed by atoms with Crippen molar-refractivity contribution in [3.63, 3.8) is 0 Å². The Morgan fingerprint density at radius 2 is 2.10 bits per heavy atom. The van der Waals surface area contributed by atoms with Crippen LogP contribution in [0.2, 0.25) is 0 Å². The summed E-state index contributed by atoms with van der Waals surface area (Å²) in [4.78, 5) is 49.7. The van der Waals surface area contributed by atoms with Crippen molar-refractivity contribution >= 4 is 24.2 Å². The number of hydrogen-bond donors (Lipinski definition) is 2. The minimum Gasteiger partial charge on any atom is -0.410 e. The number of amides is 3. The van der Waals surface area contributed by atoms with Crippen LogP contribution in [0.4, 0.5) is 9.18 Å². The first-order valence-corrected chi connectivity index (χ1v) is 9.76. The van der Waals surface area contributed by atoms with Gasteiger partial charge in [-0.3, -0.25) is 14.5 Å². The van der Waals surface area contributed by atoms with Crippen molar-refractivity contribution in [1.82, 2.24) is 15.5 Å². The molecule has 0 aliphatic carbocycles. The van der Waals surface area contributed by atoms with Crippen LogP contribution in [-0.2, 0) is 14.4 Å². The molecule has 3 amide bonds. The molecule has 0 spiro atoms. The molecule has 1 aromatic carbocycles. The fourth-order valence-electron chi connectivity index (χ4n) is 3.18. The second-order valence-electron chi connectivity index (χ2n) is 7.64. The van der Waals surface area contributed by atoms with Crippen molar-refractivity contribution in [2.24, 2.45) is 11.8 Å². The summed E-state index contributed by atoms with van der Waals surface area (Å²) in [5.41, 5.74) is 0. The number of ether oxygens (including phenoxy) is 1. The van der Waals surface area contributed by atoms with Gasteiger partial charge in [0.2, 0.25) is 11.8 Å². The predicted octanol–water partition coefficient (Wildman–Crippen LogP) is 1.88. The Balaban J connectivity index is 2.17. The number of nitrogens with one attached hydrogen (secondary N) is 2. The van der Waals surface area contributed by atoms with Gasteiger partial charge in [-0.2, -0.15) is 0 Å². The van der Waals surface area contributed by atoms with Gasteiger partial charge >= 0.3 is 6.09 Å². The fraction of sp³-hybridized carbons (Fsp3) is 0.524. The molecule has 30 heavy (non-hydrogen) atoms. The summed E-state index contributed by atoms with van der Waals surface area (Å²) < 4.78 is 33.8. The smallest absolute Gasteiger partial charge is 0.410 e. The number of carbonyl (C=O) groups is 4. The lowest BCUT2D eigenvalue weighted by atomic mass is 9.98. The van der Waals surface area contributed by atoms with Crippen molar-refractivity contribution in [2.75, 3.05) is 13.5 Å². The van der Waals surface area contributed by atoms with Gasteiger partial charge in [0.1, 0.15) is 23.9 Å². The Morgan fingerprint density at radius 1 is 1.40 bits per heavy atom. The van der Waals surface area contributed by atoms with E-state index >= 15 is 0 Å². The van der Waals surface area contributed by atoms with Crippen LogP contribution in [0, 0.1) is 17.7 Å². The average Bonchev–Trinajstić information content (AvgIpc) is 3.12. The standard InChI is InChI=1S/C21H28FN3O5/c1-13(2)10-18(25(3)21(29)30-17-6-4-15(22)5-7-17)20(28)24-16(12-26)11-14-8-9-23-19(14)27/h4-7,12-14,16,18H,8-11H2,1-3H3,(H,23,27)(H,24,28)/t14-,16?,18?/m0/s1/i3D2. The molecule has 1 heterocycles. The molecular weight excluding hydrogens is 393 g/mol. The summed E-state index contributed by atoms with van der Waals surface area (Å²) >= 11 is 0. The zero-order valence-corrected chi connectivity index (χ0v) is 17.0. The van der Waals surface area contributed by atoms with Crippen LogP contribution in [0.3, 0.4) is 0 Å². The fourth-order valence-corrected chi connectivity index (χ4v) is 3.18. The van der Waals surface area contributed by atoms with E-state index in [2.05, 4.69) is 10.6 Å². The van der Waals surface area contributed by atoms with E-state index in [0.29, 0.717) is 24.2 Å². The van der Waals surface area contributed by atoms with Crippen LogP contribution in [0.25, 0.3) is 0 Å². The number of benzene rings is 1. The van der Waals surface area contributed by atoms with Crippen LogP contribution >= 0.6 is 0 Å². The van der Waals surface area contributed by atoms with Crippen molar-refractivity contribution in [2.45, 2.75) is 45.2 Å². The lowest BCUT2D eigenvalue weighted by molar-refractivity contribution is -0.129. The molecule has 1 aliphatic rings. The van der Waals surface area contributed by atoms with Crippen LogP contribution in [-0.4, -0.2) is 54.7 Å². The second-order valence-corrected chi connectivity index (χ2v) is 7.64. The molecule has 0 radical (unpaired) electrons. The molecule has 0 aromatic heterocycles. The van der Waals surface area contributed by atoms with E-state index in [0.717, 1.165) is 12.1 Å². The molecule has 3 atom stereocenters. The van der Waals surface area contributed by atoms with Crippen LogP contribution in [0.15, 0.2) is 24.3 Å². The monoisotopic (exact) mass is 423 g/mol. The van der Waals surface area contributed by atoms with E-state index in [-0.39, 0.29) is 30.4 Å². The van der Waals surface area contributed by atoms with Crippen molar-refractivity contribution in [3.8, 4) is 5.75 Å². The van der Waals surface area contributed by atoms with Gasteiger partial charge in [0.05, 0.1) is 6.04 Å². The molecule has 164 valence electrons. The SMILES string of the molecule is [2H]C([2H])N(C(=O)Oc1ccc(F)cc1)C(CC(C)C)C(=O)NC(C=O)C[C@@H]1CCNC1=O. The number of likely N-dealkylation sites (N-methyl/N-ethyl adjacent to an activating group) is 1. The van der Waals surface area contributed by atoms with Crippen LogP contribution in [0.1, 0.15) is 35.9 Å². The molecule has 1 saturated heterocycles. The third-order valence-corrected chi connectivity index (χ3v) is 4.76. The first kappa shape index (κ1) is 20.3. The average molecular weight is 423 g/mol.